The largest absolute Gasteiger partial charge is 0.436 e. The Morgan fingerprint density at radius 3 is 2.76 bits per heavy atom. The Hall–Kier alpha value is -1.07. The van der Waals surface area contributed by atoms with Crippen LogP contribution >= 0.6 is 12.4 Å². The first kappa shape index (κ1) is 14.0. The summed E-state index contributed by atoms with van der Waals surface area (Å²) in [4.78, 5) is 18.0. The zero-order valence-corrected chi connectivity index (χ0v) is 10.9. The summed E-state index contributed by atoms with van der Waals surface area (Å²) in [6, 6.07) is 0.0852. The summed E-state index contributed by atoms with van der Waals surface area (Å²) in [7, 11) is 0. The minimum Gasteiger partial charge on any atom is -0.436 e. The van der Waals surface area contributed by atoms with Crippen molar-refractivity contribution in [3.63, 3.8) is 0 Å². The molecule has 2 rings (SSSR count). The van der Waals surface area contributed by atoms with Crippen molar-refractivity contribution in [3.8, 4) is 0 Å². The number of carbonyl (C=O) groups excluding carboxylic acids is 1. The van der Waals surface area contributed by atoms with E-state index in [1.165, 1.54) is 0 Å². The first-order chi connectivity index (χ1) is 7.58. The van der Waals surface area contributed by atoms with Gasteiger partial charge < -0.3 is 15.1 Å². The van der Waals surface area contributed by atoms with Crippen LogP contribution in [0.5, 0.6) is 0 Å². The van der Waals surface area contributed by atoms with Gasteiger partial charge in [-0.3, -0.25) is 4.79 Å². The van der Waals surface area contributed by atoms with Crippen LogP contribution in [0.2, 0.25) is 0 Å². The number of aromatic nitrogens is 1. The van der Waals surface area contributed by atoms with Crippen LogP contribution in [0.4, 0.5) is 0 Å². The van der Waals surface area contributed by atoms with E-state index in [4.69, 9.17) is 10.2 Å². The van der Waals surface area contributed by atoms with Crippen molar-refractivity contribution in [1.29, 1.82) is 0 Å². The van der Waals surface area contributed by atoms with Gasteiger partial charge in [0.1, 0.15) is 0 Å². The number of nitrogens with two attached hydrogens (primary N) is 1. The maximum atomic E-state index is 12.1. The van der Waals surface area contributed by atoms with Crippen LogP contribution in [0.25, 0.3) is 0 Å². The van der Waals surface area contributed by atoms with Gasteiger partial charge in [-0.1, -0.05) is 0 Å². The smallest absolute Gasteiger partial charge is 0.291 e. The van der Waals surface area contributed by atoms with Gasteiger partial charge in [-0.15, -0.1) is 12.4 Å². The molecule has 1 aliphatic rings. The lowest BCUT2D eigenvalue weighted by Crippen LogP contribution is -2.45. The molecule has 0 spiro atoms. The molecule has 1 amide bonds. The summed E-state index contributed by atoms with van der Waals surface area (Å²) in [6.45, 7) is 4.89. The highest BCUT2D eigenvalue weighted by Gasteiger charge is 2.26. The molecule has 2 heterocycles. The molecule has 6 heteroatoms. The molecule has 2 N–H and O–H groups in total. The highest BCUT2D eigenvalue weighted by Crippen LogP contribution is 2.16. The molecular weight excluding hydrogens is 242 g/mol. The quantitative estimate of drug-likeness (QED) is 0.825. The maximum absolute atomic E-state index is 12.1. The summed E-state index contributed by atoms with van der Waals surface area (Å²) in [6.07, 6.45) is 1.94. The molecule has 1 saturated heterocycles. The van der Waals surface area contributed by atoms with Crippen LogP contribution in [0.15, 0.2) is 4.42 Å². The molecule has 0 saturated carbocycles. The molecular formula is C11H18ClN3O2. The summed E-state index contributed by atoms with van der Waals surface area (Å²) in [5.41, 5.74) is 6.50. The van der Waals surface area contributed by atoms with E-state index in [-0.39, 0.29) is 24.4 Å². The molecule has 96 valence electrons. The molecule has 17 heavy (non-hydrogen) atoms. The second-order valence-corrected chi connectivity index (χ2v) is 4.30. The van der Waals surface area contributed by atoms with E-state index in [0.29, 0.717) is 23.9 Å². The number of carbonyl (C=O) groups is 1. The van der Waals surface area contributed by atoms with E-state index < -0.39 is 0 Å². The summed E-state index contributed by atoms with van der Waals surface area (Å²) in [5.74, 6) is 0.794. The van der Waals surface area contributed by atoms with E-state index in [0.717, 1.165) is 19.4 Å². The Labute approximate surface area is 107 Å². The van der Waals surface area contributed by atoms with Crippen molar-refractivity contribution < 1.29 is 9.21 Å². The molecule has 0 bridgehead atoms. The van der Waals surface area contributed by atoms with Crippen molar-refractivity contribution >= 4 is 18.3 Å². The van der Waals surface area contributed by atoms with Crippen molar-refractivity contribution in [2.45, 2.75) is 32.7 Å². The number of halogens is 1. The van der Waals surface area contributed by atoms with E-state index in [2.05, 4.69) is 4.98 Å². The van der Waals surface area contributed by atoms with E-state index in [1.807, 2.05) is 0 Å². The number of rotatable bonds is 1. The third kappa shape index (κ3) is 2.98. The Kier molecular flexibility index (Phi) is 4.54. The molecule has 1 aliphatic heterocycles. The number of hydrogen-bond donors (Lipinski definition) is 1. The van der Waals surface area contributed by atoms with Crippen LogP contribution in [0.1, 0.15) is 35.0 Å². The van der Waals surface area contributed by atoms with Gasteiger partial charge in [-0.25, -0.2) is 4.98 Å². The van der Waals surface area contributed by atoms with E-state index in [1.54, 1.807) is 18.7 Å². The molecule has 1 atom stereocenters. The lowest BCUT2D eigenvalue weighted by Gasteiger charge is -2.30. The van der Waals surface area contributed by atoms with Gasteiger partial charge in [0.2, 0.25) is 5.76 Å². The number of nitrogens with zero attached hydrogens (tertiary/aromatic N) is 2. The van der Waals surface area contributed by atoms with E-state index in [9.17, 15) is 4.79 Å². The van der Waals surface area contributed by atoms with Gasteiger partial charge in [-0.05, 0) is 19.8 Å². The number of amides is 1. The van der Waals surface area contributed by atoms with Crippen molar-refractivity contribution in [3.05, 3.63) is 17.3 Å². The Morgan fingerprint density at radius 2 is 2.24 bits per heavy atom. The zero-order chi connectivity index (χ0) is 11.7. The average Bonchev–Trinajstić information content (AvgIpc) is 2.57. The Balaban J connectivity index is 0.00000144. The normalized spacial score (nSPS) is 19.9. The molecule has 0 aliphatic carbocycles. The van der Waals surface area contributed by atoms with Gasteiger partial charge in [0.15, 0.2) is 5.89 Å². The number of piperidine rings is 1. The molecule has 1 aromatic rings. The highest BCUT2D eigenvalue weighted by molar-refractivity contribution is 5.92. The van der Waals surface area contributed by atoms with Crippen LogP contribution in [0, 0.1) is 13.8 Å². The van der Waals surface area contributed by atoms with Gasteiger partial charge in [0.05, 0.1) is 5.69 Å². The molecule has 0 aromatic carbocycles. The van der Waals surface area contributed by atoms with Crippen LogP contribution in [0.3, 0.4) is 0 Å². The SMILES string of the molecule is Cc1nc(C)c(C(=O)N2CCC[C@@H](N)C2)o1.Cl. The maximum Gasteiger partial charge on any atom is 0.291 e. The minimum absolute atomic E-state index is 0. The van der Waals surface area contributed by atoms with Crippen LogP contribution in [-0.4, -0.2) is 34.9 Å². The zero-order valence-electron chi connectivity index (χ0n) is 10.1. The second kappa shape index (κ2) is 5.51. The second-order valence-electron chi connectivity index (χ2n) is 4.30. The monoisotopic (exact) mass is 259 g/mol. The first-order valence-electron chi connectivity index (χ1n) is 5.57. The van der Waals surface area contributed by atoms with Crippen molar-refractivity contribution in [2.75, 3.05) is 13.1 Å². The third-order valence-electron chi connectivity index (χ3n) is 2.84. The minimum atomic E-state index is -0.0896. The number of aryl methyl sites for hydroxylation is 2. The van der Waals surface area contributed by atoms with Crippen LogP contribution in [-0.2, 0) is 0 Å². The summed E-state index contributed by atoms with van der Waals surface area (Å²) in [5, 5.41) is 0. The lowest BCUT2D eigenvalue weighted by molar-refractivity contribution is 0.0674. The molecule has 0 unspecified atom stereocenters. The molecule has 1 aromatic heterocycles. The predicted octanol–water partition coefficient (Wildman–Crippen LogP) is 1.28. The number of likely N-dealkylation sites (tertiary alicyclic amines) is 1. The number of oxazole rings is 1. The van der Waals surface area contributed by atoms with Gasteiger partial charge >= 0.3 is 0 Å². The molecule has 0 radical (unpaired) electrons. The van der Waals surface area contributed by atoms with Gasteiger partial charge in [-0.2, -0.15) is 0 Å². The highest BCUT2D eigenvalue weighted by atomic mass is 35.5. The summed E-state index contributed by atoms with van der Waals surface area (Å²) >= 11 is 0. The van der Waals surface area contributed by atoms with Gasteiger partial charge in [0, 0.05) is 26.1 Å². The van der Waals surface area contributed by atoms with E-state index >= 15 is 0 Å². The Bertz CT molecular complexity index is 405. The molecule has 5 nitrogen and oxygen atoms in total. The standard InChI is InChI=1S/C11H17N3O2.ClH/c1-7-10(16-8(2)13-7)11(15)14-5-3-4-9(12)6-14;/h9H,3-6,12H2,1-2H3;1H/t9-;/m1./s1. The fraction of sp³-hybridized carbons (Fsp3) is 0.636. The average molecular weight is 260 g/mol. The van der Waals surface area contributed by atoms with Crippen molar-refractivity contribution in [1.82, 2.24) is 9.88 Å². The van der Waals surface area contributed by atoms with Crippen LogP contribution < -0.4 is 5.73 Å². The lowest BCUT2D eigenvalue weighted by atomic mass is 10.1. The van der Waals surface area contributed by atoms with Gasteiger partial charge in [0.25, 0.3) is 5.91 Å². The van der Waals surface area contributed by atoms with Crippen molar-refractivity contribution in [2.24, 2.45) is 5.73 Å². The fourth-order valence-electron chi connectivity index (χ4n) is 2.07. The fourth-order valence-corrected chi connectivity index (χ4v) is 2.07. The first-order valence-corrected chi connectivity index (χ1v) is 5.57. The molecule has 1 fully saturated rings. The topological polar surface area (TPSA) is 72.4 Å². The number of hydrogen-bond acceptors (Lipinski definition) is 4. The summed E-state index contributed by atoms with van der Waals surface area (Å²) < 4.78 is 5.32. The predicted molar refractivity (Wildman–Crippen MR) is 66.3 cm³/mol. The third-order valence-corrected chi connectivity index (χ3v) is 2.84. The Morgan fingerprint density at radius 1 is 1.53 bits per heavy atom.